The lowest BCUT2D eigenvalue weighted by molar-refractivity contribution is -0.137. The lowest BCUT2D eigenvalue weighted by atomic mass is 10.2. The molecule has 0 heterocycles. The van der Waals surface area contributed by atoms with Gasteiger partial charge in [-0.05, 0) is 6.42 Å². The summed E-state index contributed by atoms with van der Waals surface area (Å²) in [4.78, 5) is 9.82. The summed E-state index contributed by atoms with van der Waals surface area (Å²) in [5, 5.41) is 8.04. The Hall–Kier alpha value is -1.00. The average molecular weight is 168 g/mol. The second-order valence-electron chi connectivity index (χ2n) is 1.91. The maximum Gasteiger partial charge on any atom is 0.303 e. The van der Waals surface area contributed by atoms with E-state index in [1.54, 1.807) is 0 Å². The predicted molar refractivity (Wildman–Crippen MR) is 31.8 cm³/mol. The second kappa shape index (κ2) is 4.76. The molecule has 0 rings (SSSR count). The average Bonchev–Trinajstić information content (AvgIpc) is 1.86. The molecule has 0 spiro atoms. The topological polar surface area (TPSA) is 37.3 Å². The van der Waals surface area contributed by atoms with Crippen molar-refractivity contribution in [1.82, 2.24) is 0 Å². The van der Waals surface area contributed by atoms with E-state index in [0.717, 1.165) is 0 Å². The van der Waals surface area contributed by atoms with Gasteiger partial charge in [-0.2, -0.15) is 8.78 Å². The normalized spacial score (nSPS) is 9.36. The van der Waals surface area contributed by atoms with Crippen LogP contribution in [0.25, 0.3) is 0 Å². The highest BCUT2D eigenvalue weighted by atomic mass is 19.3. The third-order valence-corrected chi connectivity index (χ3v) is 0.992. The molecular formula is C6H7F3O2. The Morgan fingerprint density at radius 1 is 1.18 bits per heavy atom. The maximum atomic E-state index is 11.9. The van der Waals surface area contributed by atoms with Crippen molar-refractivity contribution in [1.29, 1.82) is 0 Å². The molecule has 0 amide bonds. The first-order valence-corrected chi connectivity index (χ1v) is 2.95. The van der Waals surface area contributed by atoms with Crippen LogP contribution in [0.15, 0.2) is 11.9 Å². The molecule has 2 nitrogen and oxygen atoms in total. The first-order valence-electron chi connectivity index (χ1n) is 2.95. The van der Waals surface area contributed by atoms with E-state index in [1.165, 1.54) is 0 Å². The Morgan fingerprint density at radius 3 is 2.09 bits per heavy atom. The highest BCUT2D eigenvalue weighted by Crippen LogP contribution is 2.15. The zero-order valence-electron chi connectivity index (χ0n) is 5.61. The third kappa shape index (κ3) is 5.44. The summed E-state index contributed by atoms with van der Waals surface area (Å²) >= 11 is 0. The van der Waals surface area contributed by atoms with Gasteiger partial charge in [0.25, 0.3) is 0 Å². The fourth-order valence-electron chi connectivity index (χ4n) is 0.489. The van der Waals surface area contributed by atoms with E-state index in [0.29, 0.717) is 0 Å². The van der Waals surface area contributed by atoms with E-state index in [2.05, 4.69) is 0 Å². The summed E-state index contributed by atoms with van der Waals surface area (Å²) in [6.07, 6.45) is -3.26. The maximum absolute atomic E-state index is 11.9. The zero-order valence-corrected chi connectivity index (χ0v) is 5.61. The molecule has 0 aromatic carbocycles. The van der Waals surface area contributed by atoms with E-state index in [9.17, 15) is 18.0 Å². The van der Waals surface area contributed by atoms with Crippen LogP contribution in [0, 0.1) is 0 Å². The van der Waals surface area contributed by atoms with E-state index >= 15 is 0 Å². The lowest BCUT2D eigenvalue weighted by Gasteiger charge is -1.92. The highest BCUT2D eigenvalue weighted by molar-refractivity contribution is 5.66. The Bertz CT molecular complexity index is 173. The van der Waals surface area contributed by atoms with Gasteiger partial charge in [-0.3, -0.25) is 4.79 Å². The smallest absolute Gasteiger partial charge is 0.303 e. The molecule has 64 valence electrons. The summed E-state index contributed by atoms with van der Waals surface area (Å²) in [6.45, 7) is 0. The molecule has 11 heavy (non-hydrogen) atoms. The Morgan fingerprint density at radius 2 is 1.73 bits per heavy atom. The number of hydrogen-bond donors (Lipinski definition) is 1. The van der Waals surface area contributed by atoms with Gasteiger partial charge in [0.2, 0.25) is 0 Å². The Labute approximate surface area is 61.3 Å². The van der Waals surface area contributed by atoms with Gasteiger partial charge in [-0.15, -0.1) is 0 Å². The molecule has 0 bridgehead atoms. The molecule has 1 N–H and O–H groups in total. The van der Waals surface area contributed by atoms with Gasteiger partial charge in [0.05, 0.1) is 0 Å². The summed E-state index contributed by atoms with van der Waals surface area (Å²) in [6, 6.07) is 0. The zero-order chi connectivity index (χ0) is 8.85. The van der Waals surface area contributed by atoms with Crippen LogP contribution >= 0.6 is 0 Å². The molecule has 0 aliphatic rings. The minimum atomic E-state index is -2.37. The van der Waals surface area contributed by atoms with Crippen molar-refractivity contribution in [3.05, 3.63) is 11.9 Å². The van der Waals surface area contributed by atoms with Gasteiger partial charge in [0.15, 0.2) is 5.83 Å². The third-order valence-electron chi connectivity index (χ3n) is 0.992. The second-order valence-corrected chi connectivity index (χ2v) is 1.91. The van der Waals surface area contributed by atoms with Gasteiger partial charge in [0, 0.05) is 12.8 Å². The molecule has 0 atom stereocenters. The Balaban J connectivity index is 3.56. The van der Waals surface area contributed by atoms with Crippen molar-refractivity contribution in [2.45, 2.75) is 19.3 Å². The van der Waals surface area contributed by atoms with Gasteiger partial charge in [-0.25, -0.2) is 4.39 Å². The largest absolute Gasteiger partial charge is 0.481 e. The van der Waals surface area contributed by atoms with Crippen LogP contribution in [0.2, 0.25) is 0 Å². The predicted octanol–water partition coefficient (Wildman–Crippen LogP) is 2.32. The van der Waals surface area contributed by atoms with Crippen LogP contribution in [0.5, 0.6) is 0 Å². The lowest BCUT2D eigenvalue weighted by Crippen LogP contribution is -1.93. The number of allylic oxidation sites excluding steroid dienone is 1. The molecule has 0 saturated carbocycles. The van der Waals surface area contributed by atoms with Crippen LogP contribution in [0.1, 0.15) is 19.3 Å². The molecule has 0 aliphatic heterocycles. The molecule has 0 aliphatic carbocycles. The van der Waals surface area contributed by atoms with Crippen molar-refractivity contribution in [2.75, 3.05) is 0 Å². The number of carboxylic acids is 1. The highest BCUT2D eigenvalue weighted by Gasteiger charge is 2.05. The van der Waals surface area contributed by atoms with Crippen LogP contribution in [0.4, 0.5) is 13.2 Å². The van der Waals surface area contributed by atoms with Crippen LogP contribution < -0.4 is 0 Å². The Kier molecular flexibility index (Phi) is 4.33. The number of hydrogen-bond acceptors (Lipinski definition) is 1. The van der Waals surface area contributed by atoms with Crippen molar-refractivity contribution < 1.29 is 23.1 Å². The quantitative estimate of drug-likeness (QED) is 0.699. The fourth-order valence-corrected chi connectivity index (χ4v) is 0.489. The number of halogens is 3. The molecule has 0 saturated heterocycles. The molecule has 0 unspecified atom stereocenters. The summed E-state index contributed by atoms with van der Waals surface area (Å²) < 4.78 is 34.5. The molecule has 0 aromatic heterocycles. The molecule has 0 fully saturated rings. The minimum absolute atomic E-state index is 0.0987. The van der Waals surface area contributed by atoms with Gasteiger partial charge in [-0.1, -0.05) is 0 Å². The number of rotatable bonds is 4. The van der Waals surface area contributed by atoms with E-state index < -0.39 is 24.3 Å². The van der Waals surface area contributed by atoms with Crippen LogP contribution in [0.3, 0.4) is 0 Å². The van der Waals surface area contributed by atoms with Crippen molar-refractivity contribution in [3.8, 4) is 0 Å². The number of carboxylic acid groups (broad SMARTS) is 1. The van der Waals surface area contributed by atoms with Gasteiger partial charge in [0.1, 0.15) is 0 Å². The first kappa shape index (κ1) is 10.0. The van der Waals surface area contributed by atoms with Gasteiger partial charge >= 0.3 is 12.0 Å². The molecule has 0 radical (unpaired) electrons. The van der Waals surface area contributed by atoms with Crippen LogP contribution in [-0.2, 0) is 4.79 Å². The standard InChI is InChI=1S/C6H7F3O2/c7-4(6(8)9)2-1-3-5(10)11/h1-3H2,(H,10,11). The number of aliphatic carboxylic acids is 1. The first-order chi connectivity index (χ1) is 5.04. The number of carbonyl (C=O) groups is 1. The minimum Gasteiger partial charge on any atom is -0.481 e. The summed E-state index contributed by atoms with van der Waals surface area (Å²) in [7, 11) is 0. The molecule has 0 aromatic rings. The van der Waals surface area contributed by atoms with E-state index in [1.807, 2.05) is 0 Å². The van der Waals surface area contributed by atoms with Crippen LogP contribution in [-0.4, -0.2) is 11.1 Å². The fraction of sp³-hybridized carbons (Fsp3) is 0.500. The molecular weight excluding hydrogens is 161 g/mol. The van der Waals surface area contributed by atoms with E-state index in [-0.39, 0.29) is 12.8 Å². The molecule has 5 heteroatoms. The van der Waals surface area contributed by atoms with Crippen molar-refractivity contribution in [3.63, 3.8) is 0 Å². The summed E-state index contributed by atoms with van der Waals surface area (Å²) in [5.74, 6) is -2.64. The summed E-state index contributed by atoms with van der Waals surface area (Å²) in [5.41, 5.74) is 0. The monoisotopic (exact) mass is 168 g/mol. The van der Waals surface area contributed by atoms with Crippen molar-refractivity contribution in [2.24, 2.45) is 0 Å². The van der Waals surface area contributed by atoms with E-state index in [4.69, 9.17) is 5.11 Å². The SMILES string of the molecule is O=C(O)CCCC(F)=C(F)F. The van der Waals surface area contributed by atoms with Gasteiger partial charge < -0.3 is 5.11 Å². The van der Waals surface area contributed by atoms with Crippen molar-refractivity contribution >= 4 is 5.97 Å².